The second-order valence-electron chi connectivity index (χ2n) is 25.5. The lowest BCUT2D eigenvalue weighted by Gasteiger charge is -2.36. The summed E-state index contributed by atoms with van der Waals surface area (Å²) in [6, 6.07) is 10.1. The molecule has 30 heteroatoms. The van der Waals surface area contributed by atoms with E-state index in [4.69, 9.17) is 10.5 Å². The number of imidazole rings is 1. The molecule has 101 heavy (non-hydrogen) atoms. The normalized spacial score (nSPS) is 22.7. The Hall–Kier alpha value is -9.81. The van der Waals surface area contributed by atoms with Crippen LogP contribution in [0.2, 0.25) is 0 Å². The van der Waals surface area contributed by atoms with Crippen LogP contribution >= 0.6 is 23.5 Å². The number of benzene rings is 4. The quantitative estimate of drug-likeness (QED) is 0.0636. The van der Waals surface area contributed by atoms with Crippen molar-refractivity contribution in [1.82, 2.24) is 67.4 Å². The third kappa shape index (κ3) is 20.5. The van der Waals surface area contributed by atoms with Gasteiger partial charge in [0.15, 0.2) is 0 Å². The van der Waals surface area contributed by atoms with E-state index in [0.717, 1.165) is 16.7 Å². The van der Waals surface area contributed by atoms with Crippen LogP contribution in [0.4, 0.5) is 8.78 Å². The summed E-state index contributed by atoms with van der Waals surface area (Å²) >= 11 is 3.13. The second kappa shape index (κ2) is 35.5. The van der Waals surface area contributed by atoms with Crippen molar-refractivity contribution in [2.45, 2.75) is 151 Å². The number of hydrogen-bond donors (Lipinski definition) is 13. The number of carbonyl (C=O) groups excluding carboxylic acids is 9. The Kier molecular flexibility index (Phi) is 26.5. The first kappa shape index (κ1) is 75.4. The van der Waals surface area contributed by atoms with Gasteiger partial charge in [-0.2, -0.15) is 23.5 Å². The van der Waals surface area contributed by atoms with Crippen LogP contribution in [0.25, 0.3) is 21.8 Å². The minimum Gasteiger partial charge on any atom is -0.496 e. The predicted octanol–water partition coefficient (Wildman–Crippen LogP) is 4.32. The summed E-state index contributed by atoms with van der Waals surface area (Å²) in [5, 5.41) is 32.7. The fourth-order valence-corrected chi connectivity index (χ4v) is 14.2. The van der Waals surface area contributed by atoms with Gasteiger partial charge in [-0.05, 0) is 135 Å². The molecule has 14 N–H and O–H groups in total. The lowest BCUT2D eigenvalue weighted by molar-refractivity contribution is -0.146. The van der Waals surface area contributed by atoms with Gasteiger partial charge in [-0.1, -0.05) is 36.4 Å². The number of halogens is 2. The van der Waals surface area contributed by atoms with Crippen LogP contribution in [0.3, 0.4) is 0 Å². The number of amides is 9. The summed E-state index contributed by atoms with van der Waals surface area (Å²) in [6.07, 6.45) is 5.31. The van der Waals surface area contributed by atoms with E-state index < -0.39 is 131 Å². The Bertz CT molecular complexity index is 4140. The smallest absolute Gasteiger partial charge is 0.305 e. The molecule has 538 valence electrons. The highest BCUT2D eigenvalue weighted by Crippen LogP contribution is 2.32. The van der Waals surface area contributed by atoms with Crippen LogP contribution in [0, 0.1) is 18.6 Å². The molecule has 5 heterocycles. The van der Waals surface area contributed by atoms with Crippen molar-refractivity contribution >= 4 is 104 Å². The van der Waals surface area contributed by atoms with Crippen molar-refractivity contribution in [2.24, 2.45) is 5.73 Å². The Morgan fingerprint density at radius 3 is 1.85 bits per heavy atom. The summed E-state index contributed by atoms with van der Waals surface area (Å²) < 4.78 is 35.4. The number of carbonyl (C=O) groups is 10. The molecule has 0 aliphatic carbocycles. The highest BCUT2D eigenvalue weighted by atomic mass is 32.2. The summed E-state index contributed by atoms with van der Waals surface area (Å²) in [5.74, 6) is -7.53. The van der Waals surface area contributed by atoms with Crippen molar-refractivity contribution in [2.75, 3.05) is 38.2 Å². The molecule has 7 aromatic rings. The molecule has 2 bridgehead atoms. The Morgan fingerprint density at radius 1 is 0.673 bits per heavy atom. The Labute approximate surface area is 590 Å². The van der Waals surface area contributed by atoms with Crippen LogP contribution in [-0.4, -0.2) is 175 Å². The minimum atomic E-state index is -2.01. The zero-order valence-corrected chi connectivity index (χ0v) is 58.2. The zero-order chi connectivity index (χ0) is 72.3. The molecular formula is C71H86F2N14O12S2. The molecule has 3 aromatic heterocycles. The third-order valence-corrected chi connectivity index (χ3v) is 20.0. The van der Waals surface area contributed by atoms with Crippen molar-refractivity contribution in [3.63, 3.8) is 0 Å². The number of aliphatic carboxylic acids is 1. The summed E-state index contributed by atoms with van der Waals surface area (Å²) in [4.78, 5) is 159. The highest BCUT2D eigenvalue weighted by molar-refractivity contribution is 7.98. The molecule has 2 aliphatic rings. The van der Waals surface area contributed by atoms with Gasteiger partial charge in [-0.25, -0.2) is 13.8 Å². The maximum Gasteiger partial charge on any atom is 0.305 e. The number of nitrogens with zero attached hydrogens (tertiary/aromatic N) is 2. The van der Waals surface area contributed by atoms with Crippen LogP contribution in [0.1, 0.15) is 97.9 Å². The summed E-state index contributed by atoms with van der Waals surface area (Å²) in [7, 11) is 1.51. The summed E-state index contributed by atoms with van der Waals surface area (Å²) in [6.45, 7) is 5.58. The van der Waals surface area contributed by atoms with Gasteiger partial charge in [0.1, 0.15) is 65.2 Å². The molecule has 9 rings (SSSR count). The second-order valence-corrected chi connectivity index (χ2v) is 27.7. The average Bonchev–Trinajstić information content (AvgIpc) is 1.69. The van der Waals surface area contributed by atoms with Gasteiger partial charge < -0.3 is 78.0 Å². The van der Waals surface area contributed by atoms with Crippen LogP contribution in [-0.2, 0) is 85.1 Å². The van der Waals surface area contributed by atoms with Crippen molar-refractivity contribution in [3.05, 3.63) is 154 Å². The van der Waals surface area contributed by atoms with E-state index >= 15 is 23.6 Å². The van der Waals surface area contributed by atoms with E-state index in [1.807, 2.05) is 25.1 Å². The van der Waals surface area contributed by atoms with E-state index in [1.54, 1.807) is 36.9 Å². The van der Waals surface area contributed by atoms with E-state index in [9.17, 15) is 38.3 Å². The van der Waals surface area contributed by atoms with Gasteiger partial charge in [0.2, 0.25) is 53.2 Å². The molecule has 0 unspecified atom stereocenters. The average molecular weight is 1430 g/mol. The largest absolute Gasteiger partial charge is 0.496 e. The lowest BCUT2D eigenvalue weighted by atomic mass is 9.95. The van der Waals surface area contributed by atoms with Gasteiger partial charge in [-0.15, -0.1) is 0 Å². The standard InChI is InChI=1S/C71H86F2N14O12S2/c1-40-25-42(12-17-60(40)99-4)27-59-69(97)87-22-8-19-71(87,3)70(98)76-21-24-101-38-44-10-7-9-43(26-44)37-100-23-18-61(88)81-54(11-5-6-20-74)64(92)80-41(2)63(91)82-55(28-45-34-77-52-15-13-47(72)30-50(45)52)65(93)83-56(29-46-35-78-53-16-14-48(73)31-51(46)53)66(94)85-58(33-62(89)90)68(96)84-57(67(95)86-59)32-49-36-75-39-79-49/h7,9-10,12-17,25-26,30-31,34-36,39,41,54-59,77-78H,5-6,8,11,18-24,27-29,32-33,37-38,74H2,1-4H3,(H,75,79)(H,76,98)(H,80,92)(H,81,88)(H,82,91)(H,83,93)(H,84,96)(H,85,94)(H,86,95)(H,89,90)/t41-,54+,55+,56-,57-,58+,59+,71+/m1/s1. The number of fused-ring (bicyclic) bond motifs is 5. The number of nitrogens with one attached hydrogen (secondary N) is 11. The van der Waals surface area contributed by atoms with E-state index in [1.165, 1.54) is 92.0 Å². The number of unbranched alkanes of at least 4 members (excludes halogenated alkanes) is 1. The van der Waals surface area contributed by atoms with Gasteiger partial charge in [0.25, 0.3) is 0 Å². The molecule has 8 atom stereocenters. The fraction of sp³-hybridized carbons (Fsp3) is 0.423. The van der Waals surface area contributed by atoms with Crippen LogP contribution in [0.5, 0.6) is 5.75 Å². The number of aromatic amines is 3. The summed E-state index contributed by atoms with van der Waals surface area (Å²) in [5.41, 5.74) is 9.55. The third-order valence-electron chi connectivity index (χ3n) is 18.0. The van der Waals surface area contributed by atoms with Crippen molar-refractivity contribution in [3.8, 4) is 5.75 Å². The molecule has 4 aromatic carbocycles. The number of carboxylic acids is 1. The van der Waals surface area contributed by atoms with Crippen molar-refractivity contribution in [1.29, 1.82) is 0 Å². The molecule has 26 nitrogen and oxygen atoms in total. The number of rotatable bonds is 15. The molecule has 0 saturated carbocycles. The fourth-order valence-electron chi connectivity index (χ4n) is 12.5. The number of aromatic nitrogens is 4. The first-order chi connectivity index (χ1) is 48.5. The van der Waals surface area contributed by atoms with E-state index in [-0.39, 0.29) is 61.8 Å². The molecule has 2 aliphatic heterocycles. The molecule has 0 radical (unpaired) electrons. The number of thioether (sulfide) groups is 2. The van der Waals surface area contributed by atoms with E-state index in [2.05, 4.69) is 68.5 Å². The van der Waals surface area contributed by atoms with Gasteiger partial charge >= 0.3 is 5.97 Å². The Morgan fingerprint density at radius 2 is 1.26 bits per heavy atom. The maximum atomic E-state index is 15.3. The molecule has 9 amide bonds. The van der Waals surface area contributed by atoms with Crippen LogP contribution in [0.15, 0.2) is 104 Å². The number of nitrogens with two attached hydrogens (primary N) is 1. The first-order valence-corrected chi connectivity index (χ1v) is 35.8. The molecule has 1 saturated heterocycles. The minimum absolute atomic E-state index is 0.0549. The number of carboxylic acid groups (broad SMARTS) is 1. The highest BCUT2D eigenvalue weighted by Gasteiger charge is 2.48. The van der Waals surface area contributed by atoms with E-state index in [0.29, 0.717) is 88.5 Å². The number of hydrogen-bond acceptors (Lipinski definition) is 15. The Balaban J connectivity index is 1.06. The predicted molar refractivity (Wildman–Crippen MR) is 378 cm³/mol. The lowest BCUT2D eigenvalue weighted by Crippen LogP contribution is -2.62. The molecular weight excluding hydrogens is 1340 g/mol. The van der Waals surface area contributed by atoms with Gasteiger partial charge in [0.05, 0.1) is 25.6 Å². The number of methoxy groups -OCH3 is 1. The number of aryl methyl sites for hydroxylation is 1. The van der Waals surface area contributed by atoms with Crippen molar-refractivity contribution < 1.29 is 66.6 Å². The number of ether oxygens (including phenoxy) is 1. The first-order valence-electron chi connectivity index (χ1n) is 33.5. The zero-order valence-electron chi connectivity index (χ0n) is 56.6. The number of H-pyrrole nitrogens is 3. The van der Waals surface area contributed by atoms with Gasteiger partial charge in [-0.3, -0.25) is 47.9 Å². The van der Waals surface area contributed by atoms with Gasteiger partial charge in [0, 0.05) is 109 Å². The maximum absolute atomic E-state index is 15.3. The topological polar surface area (TPSA) is 386 Å². The monoisotopic (exact) mass is 1430 g/mol. The SMILES string of the molecule is COc1ccc(C[C@@H]2NC(=O)[C@@H](Cc3c[nH]cn3)NC(=O)[C@H](CC(=O)O)NC(=O)[C@@H](Cc3c[nH]c4ccc(F)cc34)NC(=O)[C@H](Cc3c[nH]c4ccc(F)cc34)NC(=O)[C@@H](C)NC(=O)[C@H](CCCCN)NC(=O)CCSCc3cccc(c3)CSCCNC(=O)[C@]3(C)CCCN3C2=O)cc1C. The molecule has 1 fully saturated rings. The molecule has 0 spiro atoms. The van der Waals surface area contributed by atoms with Crippen LogP contribution < -0.4 is 53.0 Å².